The molecule has 2 aromatic rings. The molecule has 2 heterocycles. The fraction of sp³-hybridized carbons (Fsp3) is 0.435. The number of ether oxygens (including phenoxy) is 1. The molecule has 0 aromatic heterocycles. The number of amides is 1. The SMILES string of the molecule is O=C(NCc1ccc(N2CCSCC2)cc1)c1cccc(CN2CCOCC2)c1. The summed E-state index contributed by atoms with van der Waals surface area (Å²) in [4.78, 5) is 17.4. The van der Waals surface area contributed by atoms with Crippen LogP contribution in [0.5, 0.6) is 0 Å². The highest BCUT2D eigenvalue weighted by Gasteiger charge is 2.13. The van der Waals surface area contributed by atoms with Crippen LogP contribution < -0.4 is 10.2 Å². The summed E-state index contributed by atoms with van der Waals surface area (Å²) >= 11 is 2.02. The van der Waals surface area contributed by atoms with Crippen LogP contribution in [0.2, 0.25) is 0 Å². The van der Waals surface area contributed by atoms with Gasteiger partial charge in [0.25, 0.3) is 5.91 Å². The zero-order valence-corrected chi connectivity index (χ0v) is 17.6. The van der Waals surface area contributed by atoms with Gasteiger partial charge < -0.3 is 15.0 Å². The van der Waals surface area contributed by atoms with E-state index in [4.69, 9.17) is 4.74 Å². The van der Waals surface area contributed by atoms with Gasteiger partial charge in [0.15, 0.2) is 0 Å². The first kappa shape index (κ1) is 20.3. The van der Waals surface area contributed by atoms with Gasteiger partial charge >= 0.3 is 0 Å². The number of carbonyl (C=O) groups is 1. The molecule has 0 saturated carbocycles. The lowest BCUT2D eigenvalue weighted by atomic mass is 10.1. The third-order valence-electron chi connectivity index (χ3n) is 5.46. The summed E-state index contributed by atoms with van der Waals surface area (Å²) in [7, 11) is 0. The van der Waals surface area contributed by atoms with E-state index in [0.717, 1.165) is 57.1 Å². The second kappa shape index (κ2) is 10.1. The summed E-state index contributed by atoms with van der Waals surface area (Å²) in [5.74, 6) is 2.37. The van der Waals surface area contributed by atoms with E-state index >= 15 is 0 Å². The highest BCUT2D eigenvalue weighted by molar-refractivity contribution is 7.99. The van der Waals surface area contributed by atoms with E-state index in [2.05, 4.69) is 45.4 Å². The minimum Gasteiger partial charge on any atom is -0.379 e. The van der Waals surface area contributed by atoms with Crippen molar-refractivity contribution in [1.82, 2.24) is 10.2 Å². The molecule has 0 bridgehead atoms. The Bertz CT molecular complexity index is 800. The largest absolute Gasteiger partial charge is 0.379 e. The van der Waals surface area contributed by atoms with Crippen LogP contribution in [0.15, 0.2) is 48.5 Å². The Kier molecular flexibility index (Phi) is 7.09. The summed E-state index contributed by atoms with van der Waals surface area (Å²) in [5, 5.41) is 3.06. The zero-order valence-electron chi connectivity index (χ0n) is 16.8. The Morgan fingerprint density at radius 3 is 2.48 bits per heavy atom. The predicted octanol–water partition coefficient (Wildman–Crippen LogP) is 3.00. The van der Waals surface area contributed by atoms with Gasteiger partial charge in [-0.3, -0.25) is 9.69 Å². The minimum absolute atomic E-state index is 0.0223. The summed E-state index contributed by atoms with van der Waals surface area (Å²) in [6.07, 6.45) is 0. The molecule has 2 fully saturated rings. The monoisotopic (exact) mass is 411 g/mol. The predicted molar refractivity (Wildman–Crippen MR) is 120 cm³/mol. The van der Waals surface area contributed by atoms with Crippen molar-refractivity contribution < 1.29 is 9.53 Å². The number of benzene rings is 2. The fourth-order valence-electron chi connectivity index (χ4n) is 3.76. The molecule has 4 rings (SSSR count). The van der Waals surface area contributed by atoms with Crippen LogP contribution in [-0.2, 0) is 17.8 Å². The average Bonchev–Trinajstić information content (AvgIpc) is 2.79. The van der Waals surface area contributed by atoms with Crippen LogP contribution in [0.4, 0.5) is 5.69 Å². The van der Waals surface area contributed by atoms with Crippen molar-refractivity contribution in [2.45, 2.75) is 13.1 Å². The Balaban J connectivity index is 1.30. The molecular formula is C23H29N3O2S. The molecule has 154 valence electrons. The molecule has 6 heteroatoms. The van der Waals surface area contributed by atoms with Crippen LogP contribution >= 0.6 is 11.8 Å². The van der Waals surface area contributed by atoms with Crippen LogP contribution in [0.3, 0.4) is 0 Å². The zero-order chi connectivity index (χ0) is 19.9. The van der Waals surface area contributed by atoms with Crippen LogP contribution in [-0.4, -0.2) is 61.7 Å². The molecule has 2 aliphatic heterocycles. The van der Waals surface area contributed by atoms with Crippen molar-refractivity contribution in [2.75, 3.05) is 55.8 Å². The van der Waals surface area contributed by atoms with Crippen LogP contribution in [0, 0.1) is 0 Å². The van der Waals surface area contributed by atoms with Gasteiger partial charge in [-0.25, -0.2) is 0 Å². The van der Waals surface area contributed by atoms with Gasteiger partial charge in [-0.05, 0) is 35.4 Å². The number of nitrogens with one attached hydrogen (secondary N) is 1. The number of thioether (sulfide) groups is 1. The van der Waals surface area contributed by atoms with Gasteiger partial charge in [-0.15, -0.1) is 0 Å². The van der Waals surface area contributed by atoms with E-state index in [1.807, 2.05) is 30.0 Å². The number of hydrogen-bond donors (Lipinski definition) is 1. The van der Waals surface area contributed by atoms with Crippen molar-refractivity contribution in [1.29, 1.82) is 0 Å². The maximum atomic E-state index is 12.6. The molecule has 0 aliphatic carbocycles. The van der Waals surface area contributed by atoms with E-state index < -0.39 is 0 Å². The highest BCUT2D eigenvalue weighted by Crippen LogP contribution is 2.20. The van der Waals surface area contributed by atoms with E-state index in [1.54, 1.807) is 0 Å². The number of morpholine rings is 1. The Morgan fingerprint density at radius 2 is 1.72 bits per heavy atom. The standard InChI is InChI=1S/C23H29N3O2S/c27-23(21-3-1-2-20(16-21)18-25-8-12-28-13-9-25)24-17-19-4-6-22(7-5-19)26-10-14-29-15-11-26/h1-7,16H,8-15,17-18H2,(H,24,27). The van der Waals surface area contributed by atoms with E-state index in [-0.39, 0.29) is 5.91 Å². The Hall–Kier alpha value is -2.02. The second-order valence-electron chi connectivity index (χ2n) is 7.54. The summed E-state index contributed by atoms with van der Waals surface area (Å²) < 4.78 is 5.41. The average molecular weight is 412 g/mol. The first-order valence-corrected chi connectivity index (χ1v) is 11.5. The molecule has 5 nitrogen and oxygen atoms in total. The van der Waals surface area contributed by atoms with Crippen molar-refractivity contribution >= 4 is 23.4 Å². The lowest BCUT2D eigenvalue weighted by molar-refractivity contribution is 0.0342. The highest BCUT2D eigenvalue weighted by atomic mass is 32.2. The normalized spacial score (nSPS) is 17.9. The number of hydrogen-bond acceptors (Lipinski definition) is 5. The van der Waals surface area contributed by atoms with E-state index in [9.17, 15) is 4.79 Å². The van der Waals surface area contributed by atoms with Gasteiger partial charge in [0, 0.05) is 62.0 Å². The maximum Gasteiger partial charge on any atom is 0.251 e. The summed E-state index contributed by atoms with van der Waals surface area (Å²) in [5.41, 5.74) is 4.29. The van der Waals surface area contributed by atoms with Crippen LogP contribution in [0.1, 0.15) is 21.5 Å². The Morgan fingerprint density at radius 1 is 0.966 bits per heavy atom. The molecule has 2 aliphatic rings. The molecule has 0 atom stereocenters. The number of anilines is 1. The van der Waals surface area contributed by atoms with Gasteiger partial charge in [-0.2, -0.15) is 11.8 Å². The third kappa shape index (κ3) is 5.75. The summed E-state index contributed by atoms with van der Waals surface area (Å²) in [6.45, 7) is 7.10. The van der Waals surface area contributed by atoms with Crippen molar-refractivity contribution in [3.63, 3.8) is 0 Å². The molecular weight excluding hydrogens is 382 g/mol. The lowest BCUT2D eigenvalue weighted by Crippen LogP contribution is -2.35. The fourth-order valence-corrected chi connectivity index (χ4v) is 4.66. The molecule has 2 aromatic carbocycles. The van der Waals surface area contributed by atoms with Gasteiger partial charge in [0.2, 0.25) is 0 Å². The summed E-state index contributed by atoms with van der Waals surface area (Å²) in [6, 6.07) is 16.5. The first-order valence-electron chi connectivity index (χ1n) is 10.4. The molecule has 2 saturated heterocycles. The number of carbonyl (C=O) groups excluding carboxylic acids is 1. The Labute approximate surface area is 177 Å². The minimum atomic E-state index is -0.0223. The molecule has 1 N–H and O–H groups in total. The maximum absolute atomic E-state index is 12.6. The second-order valence-corrected chi connectivity index (χ2v) is 8.76. The van der Waals surface area contributed by atoms with Crippen LogP contribution in [0.25, 0.3) is 0 Å². The van der Waals surface area contributed by atoms with Crippen molar-refractivity contribution in [2.24, 2.45) is 0 Å². The lowest BCUT2D eigenvalue weighted by Gasteiger charge is -2.28. The van der Waals surface area contributed by atoms with Gasteiger partial charge in [-0.1, -0.05) is 24.3 Å². The quantitative estimate of drug-likeness (QED) is 0.792. The number of nitrogens with zero attached hydrogens (tertiary/aromatic N) is 2. The van der Waals surface area contributed by atoms with Gasteiger partial charge in [0.05, 0.1) is 13.2 Å². The van der Waals surface area contributed by atoms with Crippen molar-refractivity contribution in [3.05, 3.63) is 65.2 Å². The van der Waals surface area contributed by atoms with E-state index in [1.165, 1.54) is 22.8 Å². The molecule has 0 radical (unpaired) electrons. The molecule has 0 spiro atoms. The molecule has 29 heavy (non-hydrogen) atoms. The molecule has 1 amide bonds. The topological polar surface area (TPSA) is 44.8 Å². The smallest absolute Gasteiger partial charge is 0.251 e. The van der Waals surface area contributed by atoms with E-state index in [0.29, 0.717) is 6.54 Å². The van der Waals surface area contributed by atoms with Gasteiger partial charge in [0.1, 0.15) is 0 Å². The van der Waals surface area contributed by atoms with Crippen molar-refractivity contribution in [3.8, 4) is 0 Å². The first-order chi connectivity index (χ1) is 14.3. The molecule has 0 unspecified atom stereocenters. The third-order valence-corrected chi connectivity index (χ3v) is 6.41. The number of rotatable bonds is 6.